The lowest BCUT2D eigenvalue weighted by atomic mass is 10.1. The number of rotatable bonds is 5. The second-order valence-electron chi connectivity index (χ2n) is 6.41. The number of carbonyl (C=O) groups excluding carboxylic acids is 1. The third-order valence-electron chi connectivity index (χ3n) is 4.20. The molecule has 0 atom stereocenters. The first-order valence-corrected chi connectivity index (χ1v) is 11.0. The summed E-state index contributed by atoms with van der Waals surface area (Å²) in [7, 11) is 0. The van der Waals surface area contributed by atoms with E-state index in [2.05, 4.69) is 16.5 Å². The Labute approximate surface area is 191 Å². The van der Waals surface area contributed by atoms with Crippen LogP contribution in [-0.2, 0) is 19.0 Å². The summed E-state index contributed by atoms with van der Waals surface area (Å²) in [5.74, 6) is 0. The van der Waals surface area contributed by atoms with Gasteiger partial charge in [0.15, 0.2) is 0 Å². The van der Waals surface area contributed by atoms with Crippen LogP contribution in [0.1, 0.15) is 16.7 Å². The number of nitrogens with one attached hydrogen (secondary N) is 2. The Bertz CT molecular complexity index is 1160. The van der Waals surface area contributed by atoms with E-state index in [1.54, 1.807) is 23.8 Å². The van der Waals surface area contributed by atoms with E-state index in [1.165, 1.54) is 27.8 Å². The Hall–Kier alpha value is -3.18. The topological polar surface area (TPSA) is 82.7 Å². The van der Waals surface area contributed by atoms with Gasteiger partial charge < -0.3 is 10.6 Å². The largest absolute Gasteiger partial charge is 0.416 e. The number of hydrogen-bond donors (Lipinski definition) is 2. The van der Waals surface area contributed by atoms with Gasteiger partial charge in [-0.25, -0.2) is 9.48 Å². The van der Waals surface area contributed by atoms with Crippen LogP contribution in [0.25, 0.3) is 10.6 Å². The smallest absolute Gasteiger partial charge is 0.318 e. The van der Waals surface area contributed by atoms with E-state index in [0.29, 0.717) is 27.7 Å². The molecule has 174 valence electrons. The minimum Gasteiger partial charge on any atom is -0.318 e. The van der Waals surface area contributed by atoms with E-state index in [9.17, 15) is 36.4 Å². The molecule has 3 rings (SSSR count). The zero-order chi connectivity index (χ0) is 24.4. The summed E-state index contributed by atoms with van der Waals surface area (Å²) in [5.41, 5.74) is -3.11. The third kappa shape index (κ3) is 5.60. The zero-order valence-electron chi connectivity index (χ0n) is 16.5. The van der Waals surface area contributed by atoms with Gasteiger partial charge in [-0.05, 0) is 35.9 Å². The highest BCUT2D eigenvalue weighted by Gasteiger charge is 2.37. The first kappa shape index (κ1) is 24.5. The van der Waals surface area contributed by atoms with E-state index in [4.69, 9.17) is 0 Å². The van der Waals surface area contributed by atoms with Crippen LogP contribution in [0.5, 0.6) is 0 Å². The number of amides is 2. The van der Waals surface area contributed by atoms with Crippen molar-refractivity contribution < 1.29 is 31.1 Å². The average Bonchev–Trinajstić information content (AvgIpc) is 3.37. The van der Waals surface area contributed by atoms with Gasteiger partial charge >= 0.3 is 18.4 Å². The summed E-state index contributed by atoms with van der Waals surface area (Å²) < 4.78 is 79.2. The first-order valence-electron chi connectivity index (χ1n) is 8.87. The van der Waals surface area contributed by atoms with Crippen molar-refractivity contribution in [2.45, 2.75) is 24.0 Å². The van der Waals surface area contributed by atoms with Crippen molar-refractivity contribution in [3.05, 3.63) is 52.4 Å². The fourth-order valence-corrected chi connectivity index (χ4v) is 4.17. The van der Waals surface area contributed by atoms with Gasteiger partial charge in [-0.3, -0.25) is 0 Å². The number of benzene rings is 1. The fourth-order valence-electron chi connectivity index (χ4n) is 2.80. The molecule has 0 bridgehead atoms. The number of urea groups is 1. The monoisotopic (exact) mass is 505 g/mol. The van der Waals surface area contributed by atoms with Gasteiger partial charge in [0, 0.05) is 5.69 Å². The molecule has 2 amide bonds. The summed E-state index contributed by atoms with van der Waals surface area (Å²) >= 11 is 2.54. The Morgan fingerprint density at radius 2 is 1.82 bits per heavy atom. The Kier molecular flexibility index (Phi) is 6.94. The van der Waals surface area contributed by atoms with Crippen LogP contribution >= 0.6 is 23.1 Å². The number of alkyl halides is 6. The molecule has 0 fully saturated rings. The van der Waals surface area contributed by atoms with Crippen LogP contribution in [0, 0.1) is 11.3 Å². The van der Waals surface area contributed by atoms with E-state index in [0.717, 1.165) is 0 Å². The maximum absolute atomic E-state index is 13.0. The van der Waals surface area contributed by atoms with Gasteiger partial charge in [-0.1, -0.05) is 6.07 Å². The Balaban J connectivity index is 1.81. The number of carbonyl (C=O) groups is 1. The average molecular weight is 505 g/mol. The number of nitrogens with zero attached hydrogens (tertiary/aromatic N) is 3. The second-order valence-corrected chi connectivity index (χ2v) is 8.15. The summed E-state index contributed by atoms with van der Waals surface area (Å²) in [6.45, 7) is -0.285. The standard InChI is InChI=1S/C19H13F6N5OS2/c1-32-16-13(8-26)15(14-3-2-4-33-14)29-30(16)9-27-17(31)28-12-6-10(18(20,21)22)5-11(7-12)19(23,24)25/h2-7H,9H2,1H3,(H2,27,28,31). The first-order chi connectivity index (χ1) is 15.4. The summed E-state index contributed by atoms with van der Waals surface area (Å²) in [6, 6.07) is 5.30. The molecule has 14 heteroatoms. The van der Waals surface area contributed by atoms with Crippen molar-refractivity contribution >= 4 is 34.8 Å². The normalized spacial score (nSPS) is 11.8. The zero-order valence-corrected chi connectivity index (χ0v) is 18.1. The van der Waals surface area contributed by atoms with Crippen LogP contribution < -0.4 is 10.6 Å². The lowest BCUT2D eigenvalue weighted by Crippen LogP contribution is -2.31. The van der Waals surface area contributed by atoms with Gasteiger partial charge in [0.1, 0.15) is 29.0 Å². The Morgan fingerprint density at radius 1 is 1.18 bits per heavy atom. The van der Waals surface area contributed by atoms with E-state index in [1.807, 2.05) is 5.32 Å². The van der Waals surface area contributed by atoms with Crippen molar-refractivity contribution in [1.82, 2.24) is 15.1 Å². The predicted molar refractivity (Wildman–Crippen MR) is 111 cm³/mol. The maximum Gasteiger partial charge on any atom is 0.416 e. The summed E-state index contributed by atoms with van der Waals surface area (Å²) in [6.07, 6.45) is -8.39. The lowest BCUT2D eigenvalue weighted by molar-refractivity contribution is -0.143. The molecule has 6 nitrogen and oxygen atoms in total. The molecule has 33 heavy (non-hydrogen) atoms. The number of thiophene rings is 1. The lowest BCUT2D eigenvalue weighted by Gasteiger charge is -2.15. The molecule has 0 aliphatic rings. The number of nitriles is 1. The molecule has 0 unspecified atom stereocenters. The molecule has 3 aromatic rings. The van der Waals surface area contributed by atoms with Crippen molar-refractivity contribution in [2.24, 2.45) is 0 Å². The molecule has 0 aliphatic heterocycles. The van der Waals surface area contributed by atoms with E-state index in [-0.39, 0.29) is 18.3 Å². The number of halogens is 6. The molecule has 1 aromatic carbocycles. The highest BCUT2D eigenvalue weighted by Crippen LogP contribution is 2.37. The molecule has 0 spiro atoms. The molecule has 2 heterocycles. The SMILES string of the molecule is CSc1c(C#N)c(-c2cccs2)nn1CNC(=O)Nc1cc(C(F)(F)F)cc(C(F)(F)F)c1. The van der Waals surface area contributed by atoms with Gasteiger partial charge in [0.05, 0.1) is 16.0 Å². The molecule has 0 saturated heterocycles. The van der Waals surface area contributed by atoms with Crippen molar-refractivity contribution in [1.29, 1.82) is 5.26 Å². The highest BCUT2D eigenvalue weighted by atomic mass is 32.2. The minimum absolute atomic E-state index is 0.0346. The van der Waals surface area contributed by atoms with Crippen LogP contribution in [0.3, 0.4) is 0 Å². The third-order valence-corrected chi connectivity index (χ3v) is 5.88. The Morgan fingerprint density at radius 3 is 2.30 bits per heavy atom. The molecular weight excluding hydrogens is 492 g/mol. The molecule has 0 radical (unpaired) electrons. The van der Waals surface area contributed by atoms with Crippen LogP contribution in [-0.4, -0.2) is 22.1 Å². The molecule has 2 N–H and O–H groups in total. The second kappa shape index (κ2) is 9.36. The number of hydrogen-bond acceptors (Lipinski definition) is 5. The summed E-state index contributed by atoms with van der Waals surface area (Å²) in [5, 5.41) is 20.3. The molecular formula is C19H13F6N5OS2. The highest BCUT2D eigenvalue weighted by molar-refractivity contribution is 7.98. The minimum atomic E-state index is -5.04. The van der Waals surface area contributed by atoms with Gasteiger partial charge in [-0.15, -0.1) is 23.1 Å². The van der Waals surface area contributed by atoms with Crippen molar-refractivity contribution in [2.75, 3.05) is 11.6 Å². The van der Waals surface area contributed by atoms with Crippen LogP contribution in [0.4, 0.5) is 36.8 Å². The summed E-state index contributed by atoms with van der Waals surface area (Å²) in [4.78, 5) is 12.9. The van der Waals surface area contributed by atoms with Gasteiger partial charge in [0.2, 0.25) is 0 Å². The quantitative estimate of drug-likeness (QED) is 0.328. The predicted octanol–water partition coefficient (Wildman–Crippen LogP) is 6.02. The molecule has 0 saturated carbocycles. The van der Waals surface area contributed by atoms with E-state index < -0.39 is 35.2 Å². The van der Waals surface area contributed by atoms with Gasteiger partial charge in [-0.2, -0.15) is 36.7 Å². The fraction of sp³-hybridized carbons (Fsp3) is 0.211. The van der Waals surface area contributed by atoms with Crippen LogP contribution in [0.2, 0.25) is 0 Å². The number of thioether (sulfide) groups is 1. The van der Waals surface area contributed by atoms with Gasteiger partial charge in [0.25, 0.3) is 0 Å². The van der Waals surface area contributed by atoms with Crippen LogP contribution in [0.15, 0.2) is 40.7 Å². The van der Waals surface area contributed by atoms with E-state index >= 15 is 0 Å². The molecule has 0 aliphatic carbocycles. The maximum atomic E-state index is 13.0. The number of aromatic nitrogens is 2. The molecule has 2 aromatic heterocycles. The number of anilines is 1. The van der Waals surface area contributed by atoms with Crippen molar-refractivity contribution in [3.63, 3.8) is 0 Å². The van der Waals surface area contributed by atoms with Crippen molar-refractivity contribution in [3.8, 4) is 16.6 Å².